The van der Waals surface area contributed by atoms with E-state index in [0.29, 0.717) is 28.1 Å². The molecule has 2 N–H and O–H groups in total. The summed E-state index contributed by atoms with van der Waals surface area (Å²) in [6, 6.07) is 18.0. The van der Waals surface area contributed by atoms with Crippen molar-refractivity contribution in [3.05, 3.63) is 94.2 Å². The van der Waals surface area contributed by atoms with Crippen molar-refractivity contribution >= 4 is 22.6 Å². The van der Waals surface area contributed by atoms with Gasteiger partial charge in [0.15, 0.2) is 0 Å². The number of hydrogen-bond acceptors (Lipinski definition) is 2. The fraction of sp³-hybridized carbons (Fsp3) is 0.0909. The zero-order valence-corrected chi connectivity index (χ0v) is 15.2. The maximum atomic E-state index is 13.2. The molecule has 0 aliphatic rings. The number of anilines is 1. The number of fused-ring (bicyclic) bond motifs is 1. The summed E-state index contributed by atoms with van der Waals surface area (Å²) in [7, 11) is 0. The van der Waals surface area contributed by atoms with Gasteiger partial charge in [-0.2, -0.15) is 0 Å². The smallest absolute Gasteiger partial charge is 0.272 e. The Labute approximate surface area is 160 Å². The molecule has 2 heterocycles. The molecule has 4 aromatic rings. The quantitative estimate of drug-likeness (QED) is 0.559. The van der Waals surface area contributed by atoms with Crippen molar-refractivity contribution in [1.82, 2.24) is 9.55 Å². The number of aromatic amines is 1. The van der Waals surface area contributed by atoms with Gasteiger partial charge in [0.2, 0.25) is 0 Å². The summed E-state index contributed by atoms with van der Waals surface area (Å²) in [5, 5.41) is 3.57. The van der Waals surface area contributed by atoms with Gasteiger partial charge in [-0.1, -0.05) is 19.1 Å². The Hall–Kier alpha value is -3.67. The first kappa shape index (κ1) is 17.7. The van der Waals surface area contributed by atoms with E-state index < -0.39 is 0 Å². The monoisotopic (exact) mass is 375 g/mol. The van der Waals surface area contributed by atoms with E-state index in [9.17, 15) is 14.0 Å². The lowest BCUT2D eigenvalue weighted by Crippen LogP contribution is -2.17. The highest BCUT2D eigenvalue weighted by atomic mass is 19.1. The molecule has 28 heavy (non-hydrogen) atoms. The van der Waals surface area contributed by atoms with E-state index in [1.807, 2.05) is 31.2 Å². The Morgan fingerprint density at radius 1 is 1.07 bits per heavy atom. The van der Waals surface area contributed by atoms with Crippen LogP contribution in [-0.2, 0) is 6.42 Å². The van der Waals surface area contributed by atoms with E-state index in [1.54, 1.807) is 12.1 Å². The Morgan fingerprint density at radius 2 is 1.86 bits per heavy atom. The number of H-pyrrole nitrogens is 1. The number of aromatic nitrogens is 2. The van der Waals surface area contributed by atoms with Crippen molar-refractivity contribution in [3.63, 3.8) is 0 Å². The Bertz CT molecular complexity index is 1220. The minimum absolute atomic E-state index is 0.274. The Balaban J connectivity index is 1.73. The molecule has 0 bridgehead atoms. The molecule has 0 saturated carbocycles. The lowest BCUT2D eigenvalue weighted by Gasteiger charge is -2.07. The highest BCUT2D eigenvalue weighted by Gasteiger charge is 2.14. The predicted molar refractivity (Wildman–Crippen MR) is 108 cm³/mol. The summed E-state index contributed by atoms with van der Waals surface area (Å²) in [6.07, 6.45) is 0.875. The molecule has 4 rings (SSSR count). The molecule has 5 nitrogen and oxygen atoms in total. The van der Waals surface area contributed by atoms with E-state index in [2.05, 4.69) is 10.3 Å². The first-order valence-corrected chi connectivity index (χ1v) is 8.96. The van der Waals surface area contributed by atoms with Crippen LogP contribution in [0.5, 0.6) is 0 Å². The number of halogens is 1. The lowest BCUT2D eigenvalue weighted by atomic mass is 10.1. The van der Waals surface area contributed by atoms with Crippen LogP contribution >= 0.6 is 0 Å². The molecule has 0 saturated heterocycles. The molecule has 0 aliphatic heterocycles. The molecule has 0 fully saturated rings. The Kier molecular flexibility index (Phi) is 4.53. The average Bonchev–Trinajstić information content (AvgIpc) is 3.13. The number of nitrogens with one attached hydrogen (secondary N) is 2. The van der Waals surface area contributed by atoms with Gasteiger partial charge in [0, 0.05) is 17.1 Å². The first-order valence-electron chi connectivity index (χ1n) is 8.96. The van der Waals surface area contributed by atoms with Crippen molar-refractivity contribution in [2.75, 3.05) is 5.32 Å². The van der Waals surface area contributed by atoms with Crippen LogP contribution in [0.25, 0.3) is 16.7 Å². The topological polar surface area (TPSA) is 66.9 Å². The van der Waals surface area contributed by atoms with E-state index in [1.165, 1.54) is 34.9 Å². The third kappa shape index (κ3) is 3.32. The van der Waals surface area contributed by atoms with Crippen LogP contribution in [-0.4, -0.2) is 15.5 Å². The summed E-state index contributed by atoms with van der Waals surface area (Å²) in [5.74, 6) is -0.688. The molecule has 0 unspecified atom stereocenters. The predicted octanol–water partition coefficient (Wildman–Crippen LogP) is 4.27. The molecule has 2 aromatic carbocycles. The molecule has 0 aliphatic carbocycles. The summed E-state index contributed by atoms with van der Waals surface area (Å²) in [6.45, 7) is 2.05. The third-order valence-electron chi connectivity index (χ3n) is 4.60. The van der Waals surface area contributed by atoms with Crippen LogP contribution in [0.3, 0.4) is 0 Å². The van der Waals surface area contributed by atoms with E-state index in [-0.39, 0.29) is 17.3 Å². The van der Waals surface area contributed by atoms with Crippen molar-refractivity contribution in [1.29, 1.82) is 0 Å². The number of pyridine rings is 1. The van der Waals surface area contributed by atoms with Gasteiger partial charge in [-0.15, -0.1) is 0 Å². The highest BCUT2D eigenvalue weighted by molar-refractivity contribution is 6.05. The SMILES string of the molecule is CCc1cccc(NC(=O)c2cc3ccc(=O)n(-c4ccc(F)cc4)c3[nH]2)c1. The summed E-state index contributed by atoms with van der Waals surface area (Å²) in [4.78, 5) is 28.1. The van der Waals surface area contributed by atoms with Gasteiger partial charge in [0.1, 0.15) is 17.2 Å². The number of carbonyl (C=O) groups excluding carboxylic acids is 1. The van der Waals surface area contributed by atoms with Gasteiger partial charge in [0.25, 0.3) is 11.5 Å². The second kappa shape index (κ2) is 7.15. The van der Waals surface area contributed by atoms with Crippen LogP contribution in [0.4, 0.5) is 10.1 Å². The lowest BCUT2D eigenvalue weighted by molar-refractivity contribution is 0.102. The molecular formula is C22H18FN3O2. The minimum atomic E-state index is -0.384. The number of amides is 1. The third-order valence-corrected chi connectivity index (χ3v) is 4.60. The zero-order chi connectivity index (χ0) is 19.7. The zero-order valence-electron chi connectivity index (χ0n) is 15.2. The fourth-order valence-electron chi connectivity index (χ4n) is 3.15. The number of benzene rings is 2. The van der Waals surface area contributed by atoms with Crippen molar-refractivity contribution in [2.24, 2.45) is 0 Å². The van der Waals surface area contributed by atoms with Gasteiger partial charge >= 0.3 is 0 Å². The minimum Gasteiger partial charge on any atom is -0.336 e. The van der Waals surface area contributed by atoms with E-state index in [4.69, 9.17) is 0 Å². The van der Waals surface area contributed by atoms with Gasteiger partial charge < -0.3 is 10.3 Å². The molecule has 0 spiro atoms. The molecule has 140 valence electrons. The standard InChI is InChI=1S/C22H18FN3O2/c1-2-14-4-3-5-17(12-14)24-22(28)19-13-15-6-11-20(27)26(21(15)25-19)18-9-7-16(23)8-10-18/h3-13,25H,2H2,1H3,(H,24,28). The van der Waals surface area contributed by atoms with Crippen LogP contribution in [0, 0.1) is 5.82 Å². The number of hydrogen-bond donors (Lipinski definition) is 2. The van der Waals surface area contributed by atoms with Gasteiger partial charge in [0.05, 0.1) is 5.69 Å². The number of carbonyl (C=O) groups is 1. The number of aryl methyl sites for hydroxylation is 1. The Morgan fingerprint density at radius 3 is 2.61 bits per heavy atom. The van der Waals surface area contributed by atoms with Gasteiger partial charge in [-0.3, -0.25) is 14.2 Å². The van der Waals surface area contributed by atoms with Crippen LogP contribution in [0.1, 0.15) is 23.0 Å². The summed E-state index contributed by atoms with van der Waals surface area (Å²) >= 11 is 0. The highest BCUT2D eigenvalue weighted by Crippen LogP contribution is 2.19. The molecule has 2 aromatic heterocycles. The van der Waals surface area contributed by atoms with E-state index in [0.717, 1.165) is 12.0 Å². The van der Waals surface area contributed by atoms with Crippen molar-refractivity contribution in [3.8, 4) is 5.69 Å². The van der Waals surface area contributed by atoms with Crippen molar-refractivity contribution < 1.29 is 9.18 Å². The second-order valence-corrected chi connectivity index (χ2v) is 6.48. The van der Waals surface area contributed by atoms with Gasteiger partial charge in [-0.05, 0) is 60.5 Å². The summed E-state index contributed by atoms with van der Waals surface area (Å²) < 4.78 is 14.7. The number of nitrogens with zero attached hydrogens (tertiary/aromatic N) is 1. The fourth-order valence-corrected chi connectivity index (χ4v) is 3.15. The first-order chi connectivity index (χ1) is 13.5. The molecule has 1 amide bonds. The average molecular weight is 375 g/mol. The summed E-state index contributed by atoms with van der Waals surface area (Å²) in [5.41, 5.74) is 2.88. The maximum absolute atomic E-state index is 13.2. The van der Waals surface area contributed by atoms with E-state index >= 15 is 0 Å². The maximum Gasteiger partial charge on any atom is 0.272 e. The second-order valence-electron chi connectivity index (χ2n) is 6.48. The molecule has 0 atom stereocenters. The van der Waals surface area contributed by atoms with Crippen LogP contribution in [0.15, 0.2) is 71.5 Å². The molecular weight excluding hydrogens is 357 g/mol. The molecule has 0 radical (unpaired) electrons. The molecule has 6 heteroatoms. The van der Waals surface area contributed by atoms with Crippen LogP contribution in [0.2, 0.25) is 0 Å². The normalized spacial score (nSPS) is 10.9. The van der Waals surface area contributed by atoms with Crippen molar-refractivity contribution in [2.45, 2.75) is 13.3 Å². The number of rotatable bonds is 4. The van der Waals surface area contributed by atoms with Gasteiger partial charge in [-0.25, -0.2) is 4.39 Å². The van der Waals surface area contributed by atoms with Crippen LogP contribution < -0.4 is 10.9 Å². The largest absolute Gasteiger partial charge is 0.336 e.